The summed E-state index contributed by atoms with van der Waals surface area (Å²) >= 11 is 7.62. The van der Waals surface area contributed by atoms with Crippen LogP contribution >= 0.6 is 22.9 Å². The van der Waals surface area contributed by atoms with Crippen molar-refractivity contribution in [2.45, 2.75) is 12.8 Å². The first-order chi connectivity index (χ1) is 7.24. The van der Waals surface area contributed by atoms with Crippen molar-refractivity contribution in [1.82, 2.24) is 5.32 Å². The van der Waals surface area contributed by atoms with Gasteiger partial charge in [-0.15, -0.1) is 11.3 Å². The second-order valence-corrected chi connectivity index (χ2v) is 6.02. The van der Waals surface area contributed by atoms with Crippen LogP contribution in [0.15, 0.2) is 12.1 Å². The summed E-state index contributed by atoms with van der Waals surface area (Å²) in [4.78, 5) is 1.36. The molecular weight excluding hydrogens is 230 g/mol. The van der Waals surface area contributed by atoms with E-state index in [0.717, 1.165) is 36.9 Å². The van der Waals surface area contributed by atoms with Crippen LogP contribution in [-0.2, 0) is 11.2 Å². The van der Waals surface area contributed by atoms with Crippen molar-refractivity contribution < 1.29 is 4.74 Å². The van der Waals surface area contributed by atoms with E-state index in [1.165, 1.54) is 4.88 Å². The topological polar surface area (TPSA) is 21.3 Å². The van der Waals surface area contributed by atoms with Gasteiger partial charge >= 0.3 is 0 Å². The van der Waals surface area contributed by atoms with Gasteiger partial charge in [-0.2, -0.15) is 0 Å². The molecule has 1 fully saturated rings. The molecule has 0 bridgehead atoms. The number of hydrogen-bond donors (Lipinski definition) is 1. The molecule has 0 aromatic carbocycles. The Balaban J connectivity index is 2.06. The smallest absolute Gasteiger partial charge is 0.0931 e. The number of ether oxygens (including phenoxy) is 1. The minimum Gasteiger partial charge on any atom is -0.381 e. The maximum atomic E-state index is 5.94. The molecular formula is C11H16ClNOS. The molecule has 2 heterocycles. The molecule has 1 N–H and O–H groups in total. The van der Waals surface area contributed by atoms with Gasteiger partial charge in [-0.05, 0) is 32.0 Å². The van der Waals surface area contributed by atoms with Gasteiger partial charge in [0.25, 0.3) is 0 Å². The highest BCUT2D eigenvalue weighted by Gasteiger charge is 2.34. The quantitative estimate of drug-likeness (QED) is 0.881. The molecule has 1 aromatic heterocycles. The van der Waals surface area contributed by atoms with E-state index in [0.29, 0.717) is 0 Å². The first kappa shape index (κ1) is 11.4. The van der Waals surface area contributed by atoms with Crippen molar-refractivity contribution in [2.75, 3.05) is 26.8 Å². The standard InChI is InChI=1S/C11H16ClNOS/c1-13-7-11(4-5-14-8-11)6-9-2-3-10(12)15-9/h2-3,13H,4-8H2,1H3. The molecule has 1 atom stereocenters. The molecule has 1 aromatic rings. The Hall–Kier alpha value is -0.0900. The van der Waals surface area contributed by atoms with Crippen molar-refractivity contribution in [2.24, 2.45) is 5.41 Å². The molecule has 0 amide bonds. The summed E-state index contributed by atoms with van der Waals surface area (Å²) in [5.74, 6) is 0. The number of nitrogens with one attached hydrogen (secondary N) is 1. The average molecular weight is 246 g/mol. The molecule has 1 aliphatic heterocycles. The zero-order valence-corrected chi connectivity index (χ0v) is 10.5. The fourth-order valence-corrected chi connectivity index (χ4v) is 3.44. The minimum absolute atomic E-state index is 0.281. The van der Waals surface area contributed by atoms with Crippen LogP contribution < -0.4 is 5.32 Å². The largest absolute Gasteiger partial charge is 0.381 e. The Morgan fingerprint density at radius 2 is 2.47 bits per heavy atom. The lowest BCUT2D eigenvalue weighted by molar-refractivity contribution is 0.151. The molecule has 15 heavy (non-hydrogen) atoms. The van der Waals surface area contributed by atoms with Crippen molar-refractivity contribution in [3.8, 4) is 0 Å². The molecule has 0 spiro atoms. The third-order valence-corrected chi connectivity index (χ3v) is 4.15. The average Bonchev–Trinajstić information content (AvgIpc) is 2.78. The zero-order chi connectivity index (χ0) is 10.7. The van der Waals surface area contributed by atoms with E-state index in [1.807, 2.05) is 13.1 Å². The summed E-state index contributed by atoms with van der Waals surface area (Å²) in [5.41, 5.74) is 0.281. The van der Waals surface area contributed by atoms with E-state index >= 15 is 0 Å². The zero-order valence-electron chi connectivity index (χ0n) is 8.88. The monoisotopic (exact) mass is 245 g/mol. The summed E-state index contributed by atoms with van der Waals surface area (Å²) in [6.07, 6.45) is 2.22. The molecule has 4 heteroatoms. The molecule has 2 nitrogen and oxygen atoms in total. The second kappa shape index (κ2) is 4.83. The normalized spacial score (nSPS) is 26.0. The first-order valence-electron chi connectivity index (χ1n) is 5.21. The van der Waals surface area contributed by atoms with E-state index < -0.39 is 0 Å². The highest BCUT2D eigenvalue weighted by molar-refractivity contribution is 7.16. The Morgan fingerprint density at radius 1 is 1.60 bits per heavy atom. The lowest BCUT2D eigenvalue weighted by Crippen LogP contribution is -2.34. The number of thiophene rings is 1. The van der Waals surface area contributed by atoms with Gasteiger partial charge in [0.1, 0.15) is 0 Å². The summed E-state index contributed by atoms with van der Waals surface area (Å²) < 4.78 is 6.40. The van der Waals surface area contributed by atoms with Gasteiger partial charge in [-0.1, -0.05) is 11.6 Å². The summed E-state index contributed by atoms with van der Waals surface area (Å²) in [6.45, 7) is 2.77. The molecule has 1 unspecified atom stereocenters. The van der Waals surface area contributed by atoms with E-state index in [2.05, 4.69) is 11.4 Å². The van der Waals surface area contributed by atoms with Gasteiger partial charge in [-0.3, -0.25) is 0 Å². The van der Waals surface area contributed by atoms with Crippen molar-refractivity contribution in [3.63, 3.8) is 0 Å². The van der Waals surface area contributed by atoms with Crippen molar-refractivity contribution in [3.05, 3.63) is 21.3 Å². The van der Waals surface area contributed by atoms with Gasteiger partial charge in [0, 0.05) is 23.4 Å². The number of hydrogen-bond acceptors (Lipinski definition) is 3. The molecule has 84 valence electrons. The molecule has 0 saturated carbocycles. The van der Waals surface area contributed by atoms with Crippen LogP contribution in [0.25, 0.3) is 0 Å². The van der Waals surface area contributed by atoms with Crippen LogP contribution in [-0.4, -0.2) is 26.8 Å². The number of rotatable bonds is 4. The predicted molar refractivity (Wildman–Crippen MR) is 64.8 cm³/mol. The second-order valence-electron chi connectivity index (χ2n) is 4.22. The molecule has 2 rings (SSSR count). The van der Waals surface area contributed by atoms with E-state index in [-0.39, 0.29) is 5.41 Å². The van der Waals surface area contributed by atoms with Crippen molar-refractivity contribution >= 4 is 22.9 Å². The fraction of sp³-hybridized carbons (Fsp3) is 0.636. The van der Waals surface area contributed by atoms with Crippen LogP contribution in [0.3, 0.4) is 0 Å². The van der Waals surface area contributed by atoms with Crippen LogP contribution in [0.5, 0.6) is 0 Å². The van der Waals surface area contributed by atoms with Gasteiger partial charge in [-0.25, -0.2) is 0 Å². The van der Waals surface area contributed by atoms with E-state index in [1.54, 1.807) is 11.3 Å². The number of halogens is 1. The Bertz CT molecular complexity index is 320. The molecule has 1 saturated heterocycles. The van der Waals surface area contributed by atoms with Gasteiger partial charge < -0.3 is 10.1 Å². The highest BCUT2D eigenvalue weighted by atomic mass is 35.5. The van der Waals surface area contributed by atoms with E-state index in [4.69, 9.17) is 16.3 Å². The highest BCUT2D eigenvalue weighted by Crippen LogP contribution is 2.35. The summed E-state index contributed by atoms with van der Waals surface area (Å²) in [5, 5.41) is 3.27. The third-order valence-electron chi connectivity index (χ3n) is 2.91. The van der Waals surface area contributed by atoms with Gasteiger partial charge in [0.05, 0.1) is 10.9 Å². The van der Waals surface area contributed by atoms with Crippen LogP contribution in [0, 0.1) is 5.41 Å². The first-order valence-corrected chi connectivity index (χ1v) is 6.40. The maximum absolute atomic E-state index is 5.94. The summed E-state index contributed by atoms with van der Waals surface area (Å²) in [6, 6.07) is 4.10. The summed E-state index contributed by atoms with van der Waals surface area (Å²) in [7, 11) is 2.00. The Labute approximate surface area is 99.6 Å². The third kappa shape index (κ3) is 2.72. The van der Waals surface area contributed by atoms with Crippen LogP contribution in [0.4, 0.5) is 0 Å². The predicted octanol–water partition coefficient (Wildman–Crippen LogP) is 2.57. The molecule has 1 aliphatic rings. The Kier molecular flexibility index (Phi) is 3.67. The van der Waals surface area contributed by atoms with Gasteiger partial charge in [0.15, 0.2) is 0 Å². The maximum Gasteiger partial charge on any atom is 0.0931 e. The minimum atomic E-state index is 0.281. The van der Waals surface area contributed by atoms with Crippen LogP contribution in [0.2, 0.25) is 4.34 Å². The molecule has 0 radical (unpaired) electrons. The SMILES string of the molecule is CNCC1(Cc2ccc(Cl)s2)CCOC1. The molecule has 0 aliphatic carbocycles. The lowest BCUT2D eigenvalue weighted by Gasteiger charge is -2.26. The van der Waals surface area contributed by atoms with Crippen LogP contribution in [0.1, 0.15) is 11.3 Å². The fourth-order valence-electron chi connectivity index (χ4n) is 2.18. The van der Waals surface area contributed by atoms with Gasteiger partial charge in [0.2, 0.25) is 0 Å². The van der Waals surface area contributed by atoms with Crippen molar-refractivity contribution in [1.29, 1.82) is 0 Å². The Morgan fingerprint density at radius 3 is 3.00 bits per heavy atom. The lowest BCUT2D eigenvalue weighted by atomic mass is 9.83. The van der Waals surface area contributed by atoms with E-state index in [9.17, 15) is 0 Å².